The van der Waals surface area contributed by atoms with Gasteiger partial charge < -0.3 is 5.11 Å². The maximum absolute atomic E-state index is 11.6. The van der Waals surface area contributed by atoms with Crippen LogP contribution in [0, 0.1) is 0 Å². The number of sulfone groups is 1. The highest BCUT2D eigenvalue weighted by Crippen LogP contribution is 2.38. The van der Waals surface area contributed by atoms with Crippen molar-refractivity contribution in [1.29, 1.82) is 0 Å². The third-order valence-electron chi connectivity index (χ3n) is 3.61. The topological polar surface area (TPSA) is 54.4 Å². The zero-order valence-corrected chi connectivity index (χ0v) is 15.5. The van der Waals surface area contributed by atoms with Crippen LogP contribution in [0.3, 0.4) is 0 Å². The zero-order valence-electron chi connectivity index (χ0n) is 13.8. The summed E-state index contributed by atoms with van der Waals surface area (Å²) in [5, 5.41) is 7.84. The Morgan fingerprint density at radius 3 is 1.79 bits per heavy atom. The van der Waals surface area contributed by atoms with Crippen LogP contribution in [0.15, 0.2) is 70.5 Å². The van der Waals surface area contributed by atoms with Crippen LogP contribution in [0.5, 0.6) is 0 Å². The lowest BCUT2D eigenvalue weighted by molar-refractivity contribution is 0.399. The normalized spacial score (nSPS) is 16.2. The second-order valence-electron chi connectivity index (χ2n) is 5.69. The summed E-state index contributed by atoms with van der Waals surface area (Å²) in [7, 11) is -1.97. The van der Waals surface area contributed by atoms with Gasteiger partial charge in [0.2, 0.25) is 0 Å². The van der Waals surface area contributed by atoms with E-state index in [1.165, 1.54) is 17.7 Å². The minimum atomic E-state index is -2.97. The summed E-state index contributed by atoms with van der Waals surface area (Å²) in [4.78, 5) is 1.89. The molecule has 0 saturated heterocycles. The SMILES string of the molecule is CO.O=S(=O)(c1ccccc1)C1CC1.c1ccc(SC2CC2)cc1. The van der Waals surface area contributed by atoms with E-state index in [2.05, 4.69) is 30.3 Å². The number of thioether (sulfide) groups is 1. The lowest BCUT2D eigenvalue weighted by Gasteiger charge is -1.99. The number of rotatable bonds is 4. The molecule has 0 unspecified atom stereocenters. The molecule has 0 heterocycles. The first-order valence-corrected chi connectivity index (χ1v) is 10.5. The Morgan fingerprint density at radius 1 is 0.833 bits per heavy atom. The molecule has 2 aromatic rings. The van der Waals surface area contributed by atoms with Gasteiger partial charge in [-0.05, 0) is 49.9 Å². The monoisotopic (exact) mass is 364 g/mol. The Morgan fingerprint density at radius 2 is 1.33 bits per heavy atom. The Bertz CT molecular complexity index is 692. The van der Waals surface area contributed by atoms with Gasteiger partial charge in [0, 0.05) is 17.3 Å². The van der Waals surface area contributed by atoms with Crippen LogP contribution in [0.4, 0.5) is 0 Å². The second kappa shape index (κ2) is 9.25. The molecule has 0 radical (unpaired) electrons. The van der Waals surface area contributed by atoms with Crippen molar-refractivity contribution in [1.82, 2.24) is 0 Å². The standard InChI is InChI=1S/C9H10O2S.C9H10S.CH4O/c10-12(11,9-6-7-9)8-4-2-1-3-5-8;1-2-4-8(5-3-1)10-9-6-7-9;1-2/h1-5,9H,6-7H2;1-5,9H,6-7H2;2H,1H3. The molecule has 0 spiro atoms. The van der Waals surface area contributed by atoms with Crippen molar-refractivity contribution in [3.05, 3.63) is 60.7 Å². The van der Waals surface area contributed by atoms with E-state index in [0.717, 1.165) is 25.2 Å². The molecular formula is C19H24O3S2. The molecule has 5 heteroatoms. The summed E-state index contributed by atoms with van der Waals surface area (Å²) < 4.78 is 23.2. The maximum Gasteiger partial charge on any atom is 0.181 e. The van der Waals surface area contributed by atoms with Crippen LogP contribution in [0.2, 0.25) is 0 Å². The summed E-state index contributed by atoms with van der Waals surface area (Å²) in [5.41, 5.74) is 0. The van der Waals surface area contributed by atoms with Gasteiger partial charge in [-0.15, -0.1) is 11.8 Å². The van der Waals surface area contributed by atoms with Crippen molar-refractivity contribution in [2.75, 3.05) is 7.11 Å². The van der Waals surface area contributed by atoms with E-state index >= 15 is 0 Å². The van der Waals surface area contributed by atoms with Gasteiger partial charge in [0.15, 0.2) is 9.84 Å². The molecule has 4 rings (SSSR count). The molecule has 0 atom stereocenters. The Labute approximate surface area is 149 Å². The summed E-state index contributed by atoms with van der Waals surface area (Å²) in [6.45, 7) is 0. The zero-order chi connectivity index (χ0) is 17.4. The van der Waals surface area contributed by atoms with Crippen molar-refractivity contribution in [2.45, 2.75) is 46.0 Å². The average molecular weight is 365 g/mol. The molecule has 2 saturated carbocycles. The van der Waals surface area contributed by atoms with Crippen molar-refractivity contribution in [3.8, 4) is 0 Å². The molecule has 24 heavy (non-hydrogen) atoms. The van der Waals surface area contributed by atoms with Gasteiger partial charge in [-0.25, -0.2) is 8.42 Å². The summed E-state index contributed by atoms with van der Waals surface area (Å²) in [6, 6.07) is 19.3. The lowest BCUT2D eigenvalue weighted by Crippen LogP contribution is -2.06. The first-order chi connectivity index (χ1) is 11.7. The van der Waals surface area contributed by atoms with Crippen molar-refractivity contribution in [3.63, 3.8) is 0 Å². The highest BCUT2D eigenvalue weighted by atomic mass is 32.2. The smallest absolute Gasteiger partial charge is 0.181 e. The number of benzene rings is 2. The van der Waals surface area contributed by atoms with Gasteiger partial charge in [-0.1, -0.05) is 36.4 Å². The fourth-order valence-corrected chi connectivity index (χ4v) is 4.81. The van der Waals surface area contributed by atoms with E-state index in [4.69, 9.17) is 5.11 Å². The van der Waals surface area contributed by atoms with E-state index in [0.29, 0.717) is 4.90 Å². The summed E-state index contributed by atoms with van der Waals surface area (Å²) in [6.07, 6.45) is 4.49. The van der Waals surface area contributed by atoms with E-state index < -0.39 is 9.84 Å². The maximum atomic E-state index is 11.6. The minimum Gasteiger partial charge on any atom is -0.400 e. The van der Waals surface area contributed by atoms with Gasteiger partial charge in [0.05, 0.1) is 10.1 Å². The van der Waals surface area contributed by atoms with Crippen LogP contribution in [0.25, 0.3) is 0 Å². The van der Waals surface area contributed by atoms with Gasteiger partial charge in [0.1, 0.15) is 0 Å². The van der Waals surface area contributed by atoms with E-state index in [-0.39, 0.29) is 5.25 Å². The molecule has 2 fully saturated rings. The highest BCUT2D eigenvalue weighted by Gasteiger charge is 2.36. The van der Waals surface area contributed by atoms with Crippen molar-refractivity contribution < 1.29 is 13.5 Å². The molecule has 130 valence electrons. The Balaban J connectivity index is 0.000000160. The fraction of sp³-hybridized carbons (Fsp3) is 0.368. The van der Waals surface area contributed by atoms with Gasteiger partial charge in [0.25, 0.3) is 0 Å². The molecule has 3 nitrogen and oxygen atoms in total. The molecule has 0 amide bonds. The lowest BCUT2D eigenvalue weighted by atomic mass is 10.4. The van der Waals surface area contributed by atoms with Crippen LogP contribution < -0.4 is 0 Å². The summed E-state index contributed by atoms with van der Waals surface area (Å²) in [5.74, 6) is 0. The molecule has 0 aliphatic heterocycles. The second-order valence-corrected chi connectivity index (χ2v) is 9.29. The van der Waals surface area contributed by atoms with Crippen LogP contribution in [0.1, 0.15) is 25.7 Å². The van der Waals surface area contributed by atoms with Crippen molar-refractivity contribution in [2.24, 2.45) is 0 Å². The first kappa shape index (κ1) is 19.0. The van der Waals surface area contributed by atoms with Crippen molar-refractivity contribution >= 4 is 21.6 Å². The third kappa shape index (κ3) is 5.96. The van der Waals surface area contributed by atoms with E-state index in [1.54, 1.807) is 24.3 Å². The van der Waals surface area contributed by atoms with Gasteiger partial charge in [-0.3, -0.25) is 0 Å². The van der Waals surface area contributed by atoms with Crippen LogP contribution >= 0.6 is 11.8 Å². The molecule has 2 aliphatic carbocycles. The number of aliphatic hydroxyl groups is 1. The van der Waals surface area contributed by atoms with E-state index in [1.807, 2.05) is 17.8 Å². The molecular weight excluding hydrogens is 340 g/mol. The fourth-order valence-electron chi connectivity index (χ4n) is 2.06. The third-order valence-corrected chi connectivity index (χ3v) is 7.23. The van der Waals surface area contributed by atoms with Crippen LogP contribution in [-0.4, -0.2) is 31.1 Å². The Kier molecular flexibility index (Phi) is 7.34. The predicted octanol–water partition coefficient (Wildman–Crippen LogP) is 4.17. The molecule has 1 N–H and O–H groups in total. The molecule has 2 aliphatic rings. The molecule has 2 aromatic carbocycles. The largest absolute Gasteiger partial charge is 0.400 e. The number of aliphatic hydroxyl groups excluding tert-OH is 1. The number of hydrogen-bond donors (Lipinski definition) is 1. The minimum absolute atomic E-state index is 0.0973. The quantitative estimate of drug-likeness (QED) is 0.884. The van der Waals surface area contributed by atoms with Crippen LogP contribution in [-0.2, 0) is 9.84 Å². The summed E-state index contributed by atoms with van der Waals surface area (Å²) >= 11 is 2.01. The Hall–Kier alpha value is -1.30. The predicted molar refractivity (Wildman–Crippen MR) is 100 cm³/mol. The molecule has 0 aromatic heterocycles. The molecule has 0 bridgehead atoms. The van der Waals surface area contributed by atoms with E-state index in [9.17, 15) is 8.42 Å². The van der Waals surface area contributed by atoms with Gasteiger partial charge >= 0.3 is 0 Å². The average Bonchev–Trinajstić information content (AvgIpc) is 3.52. The van der Waals surface area contributed by atoms with Gasteiger partial charge in [-0.2, -0.15) is 0 Å². The highest BCUT2D eigenvalue weighted by molar-refractivity contribution is 8.00. The first-order valence-electron chi connectivity index (χ1n) is 8.11. The number of hydrogen-bond acceptors (Lipinski definition) is 4.